The summed E-state index contributed by atoms with van der Waals surface area (Å²) in [6.07, 6.45) is 1.96. The fourth-order valence-corrected chi connectivity index (χ4v) is 28.3. The van der Waals surface area contributed by atoms with Gasteiger partial charge >= 0.3 is 144 Å². The fourth-order valence-electron chi connectivity index (χ4n) is 3.32. The second-order valence-electron chi connectivity index (χ2n) is 6.26. The molecule has 0 amide bonds. The Kier molecular flexibility index (Phi) is 5.82. The van der Waals surface area contributed by atoms with E-state index in [2.05, 4.69) is 75.5 Å². The summed E-state index contributed by atoms with van der Waals surface area (Å²) in [6, 6.07) is 17.2. The minimum absolute atomic E-state index is 0.981. The summed E-state index contributed by atoms with van der Waals surface area (Å²) in [4.78, 5) is 0. The van der Waals surface area contributed by atoms with Crippen LogP contribution in [0.4, 0.5) is 0 Å². The van der Waals surface area contributed by atoms with Crippen LogP contribution in [0.3, 0.4) is 0 Å². The van der Waals surface area contributed by atoms with Crippen molar-refractivity contribution in [2.24, 2.45) is 0 Å². The van der Waals surface area contributed by atoms with E-state index in [1.54, 1.807) is 0 Å². The molecule has 0 heterocycles. The Morgan fingerprint density at radius 1 is 0.773 bits per heavy atom. The van der Waals surface area contributed by atoms with E-state index in [0.717, 1.165) is 12.8 Å². The van der Waals surface area contributed by atoms with Gasteiger partial charge in [-0.15, -0.1) is 0 Å². The molecule has 4 heteroatoms. The normalized spacial score (nSPS) is 13.9. The zero-order valence-corrected chi connectivity index (χ0v) is 19.0. The van der Waals surface area contributed by atoms with Crippen LogP contribution in [0.2, 0.25) is 13.1 Å². The Morgan fingerprint density at radius 3 is 1.45 bits per heavy atom. The molecule has 0 aliphatic carbocycles. The topological polar surface area (TPSA) is 0 Å². The van der Waals surface area contributed by atoms with Gasteiger partial charge in [-0.2, -0.15) is 0 Å². The van der Waals surface area contributed by atoms with Gasteiger partial charge in [-0.05, 0) is 0 Å². The molecule has 0 saturated carbocycles. The maximum absolute atomic E-state index is 7.59. The minimum atomic E-state index is -4.22. The van der Waals surface area contributed by atoms with E-state index < -0.39 is 21.5 Å². The maximum atomic E-state index is 7.59. The summed E-state index contributed by atoms with van der Waals surface area (Å²) in [5, 5.41) is 0. The third kappa shape index (κ3) is 2.93. The van der Waals surface area contributed by atoms with Crippen molar-refractivity contribution in [1.29, 1.82) is 0 Å². The number of hydrogen-bond acceptors (Lipinski definition) is 0. The third-order valence-electron chi connectivity index (χ3n) is 4.80. The van der Waals surface area contributed by atoms with Gasteiger partial charge in [-0.3, -0.25) is 0 Å². The van der Waals surface area contributed by atoms with Crippen molar-refractivity contribution in [1.82, 2.24) is 0 Å². The van der Waals surface area contributed by atoms with Crippen LogP contribution in [0.5, 0.6) is 0 Å². The average Bonchev–Trinajstić information content (AvgIpc) is 2.54. The average molecular weight is 432 g/mol. The molecule has 0 radical (unpaired) electrons. The van der Waals surface area contributed by atoms with Crippen molar-refractivity contribution in [2.45, 2.75) is 39.8 Å². The van der Waals surface area contributed by atoms with E-state index in [-0.39, 0.29) is 0 Å². The van der Waals surface area contributed by atoms with Crippen LogP contribution in [0, 0.1) is 0 Å². The van der Waals surface area contributed by atoms with E-state index >= 15 is 0 Å². The third-order valence-corrected chi connectivity index (χ3v) is 53.0. The number of halogens is 2. The quantitative estimate of drug-likeness (QED) is 0.600. The molecular formula is C18H25Cl2SiZr. The van der Waals surface area contributed by atoms with Crippen molar-refractivity contribution in [3.8, 4) is 0 Å². The summed E-state index contributed by atoms with van der Waals surface area (Å²) in [6.45, 7) is 9.03. The Hall–Kier alpha value is 0.120. The van der Waals surface area contributed by atoms with Gasteiger partial charge < -0.3 is 0 Å². The van der Waals surface area contributed by atoms with E-state index in [1.165, 1.54) is 17.7 Å². The first-order chi connectivity index (χ1) is 10.4. The van der Waals surface area contributed by atoms with Crippen LogP contribution in [0.1, 0.15) is 25.0 Å². The summed E-state index contributed by atoms with van der Waals surface area (Å²) < 4.78 is 2.55. The molecule has 0 nitrogen and oxygen atoms in total. The molecule has 0 atom stereocenters. The van der Waals surface area contributed by atoms with Crippen LogP contribution in [0.15, 0.2) is 48.5 Å². The first-order valence-corrected chi connectivity index (χ1v) is 24.0. The van der Waals surface area contributed by atoms with Crippen molar-refractivity contribution in [3.63, 3.8) is 0 Å². The standard InChI is InChI=1S/2C8H9.C2H7Si.2ClH.Zr/c2*1-2-8-6-4-3-5-7-8;1-3-2;;;/h2*3-6H,2H2,1H3;3H,1-2H3;2*1H;/q;;;;;+2/p-2. The van der Waals surface area contributed by atoms with Gasteiger partial charge in [0.1, 0.15) is 0 Å². The molecule has 0 unspecified atom stereocenters. The fraction of sp³-hybridized carbons (Fsp3) is 0.333. The van der Waals surface area contributed by atoms with Crippen LogP contribution < -0.4 is 6.54 Å². The second-order valence-corrected chi connectivity index (χ2v) is 46.6. The monoisotopic (exact) mass is 429 g/mol. The second kappa shape index (κ2) is 6.93. The predicted octanol–water partition coefficient (Wildman–Crippen LogP) is 4.74. The number of hydrogen-bond donors (Lipinski definition) is 0. The van der Waals surface area contributed by atoms with Crippen molar-refractivity contribution < 1.29 is 15.6 Å². The number of aryl methyl sites for hydroxylation is 2. The van der Waals surface area contributed by atoms with Crippen LogP contribution in [0.25, 0.3) is 0 Å². The van der Waals surface area contributed by atoms with Crippen molar-refractivity contribution in [2.75, 3.05) is 0 Å². The molecular weight excluding hydrogens is 406 g/mol. The number of benzene rings is 2. The van der Waals surface area contributed by atoms with E-state index in [9.17, 15) is 0 Å². The van der Waals surface area contributed by atoms with Gasteiger partial charge in [0.05, 0.1) is 0 Å². The molecule has 0 aromatic heterocycles. The number of rotatable bonds is 5. The van der Waals surface area contributed by atoms with Crippen LogP contribution >= 0.6 is 17.0 Å². The zero-order chi connectivity index (χ0) is 16.4. The summed E-state index contributed by atoms with van der Waals surface area (Å²) in [5.41, 5.74) is 2.65. The Morgan fingerprint density at radius 2 is 1.14 bits per heavy atom. The molecule has 0 aliphatic heterocycles. The Bertz CT molecular complexity index is 616. The molecule has 0 spiro atoms. The molecule has 0 bridgehead atoms. The molecule has 0 N–H and O–H groups in total. The van der Waals surface area contributed by atoms with Gasteiger partial charge in [-0.25, -0.2) is 0 Å². The zero-order valence-electron chi connectivity index (χ0n) is 13.9. The van der Waals surface area contributed by atoms with Gasteiger partial charge in [0.25, 0.3) is 0 Å². The van der Waals surface area contributed by atoms with Crippen LogP contribution in [-0.2, 0) is 28.4 Å². The van der Waals surface area contributed by atoms with E-state index in [0.29, 0.717) is 0 Å². The molecule has 22 heavy (non-hydrogen) atoms. The molecule has 119 valence electrons. The van der Waals surface area contributed by atoms with E-state index in [1.807, 2.05) is 0 Å². The summed E-state index contributed by atoms with van der Waals surface area (Å²) in [7, 11) is 15.2. The van der Waals surface area contributed by atoms with Gasteiger partial charge in [0.15, 0.2) is 0 Å². The molecule has 0 aliphatic rings. The van der Waals surface area contributed by atoms with E-state index in [4.69, 9.17) is 17.0 Å². The molecule has 0 fully saturated rings. The molecule has 2 rings (SSSR count). The van der Waals surface area contributed by atoms with Gasteiger partial charge in [0.2, 0.25) is 0 Å². The molecule has 2 aromatic carbocycles. The van der Waals surface area contributed by atoms with Crippen molar-refractivity contribution in [3.05, 3.63) is 59.7 Å². The summed E-state index contributed by atoms with van der Waals surface area (Å²) >= 11 is -4.22. The van der Waals surface area contributed by atoms with Crippen molar-refractivity contribution >= 4 is 29.5 Å². The Labute approximate surface area is 143 Å². The Balaban J connectivity index is 2.86. The molecule has 2 aromatic rings. The first-order valence-electron chi connectivity index (χ1n) is 8.10. The SMILES string of the molecule is CCc1cccc[c]1[Zr]([Cl])([Cl])([c]1ccccc1CC)[SiH](C)C. The first kappa shape index (κ1) is 18.5. The molecule has 0 saturated heterocycles. The van der Waals surface area contributed by atoms with Crippen LogP contribution in [-0.4, -0.2) is 5.92 Å². The van der Waals surface area contributed by atoms with Gasteiger partial charge in [-0.1, -0.05) is 0 Å². The van der Waals surface area contributed by atoms with Gasteiger partial charge in [0, 0.05) is 0 Å². The predicted molar refractivity (Wildman–Crippen MR) is 101 cm³/mol. The summed E-state index contributed by atoms with van der Waals surface area (Å²) in [5.74, 6) is -1.31.